The van der Waals surface area contributed by atoms with E-state index in [9.17, 15) is 4.79 Å². The molecule has 0 N–H and O–H groups in total. The molecule has 0 atom stereocenters. The Morgan fingerprint density at radius 3 is 2.64 bits per heavy atom. The third-order valence-electron chi connectivity index (χ3n) is 1.24. The van der Waals surface area contributed by atoms with E-state index in [0.29, 0.717) is 6.61 Å². The van der Waals surface area contributed by atoms with Gasteiger partial charge in [-0.25, -0.2) is 0 Å². The number of hydrogen-bond acceptors (Lipinski definition) is 2. The maximum absolute atomic E-state index is 10.9. The Morgan fingerprint density at radius 2 is 2.18 bits per heavy atom. The first-order chi connectivity index (χ1) is 5.18. The Labute approximate surface area is 68.2 Å². The molecule has 0 bridgehead atoms. The fourth-order valence-electron chi connectivity index (χ4n) is 0.561. The minimum atomic E-state index is -0.116. The number of hydrogen-bond donors (Lipinski definition) is 0. The quantitative estimate of drug-likeness (QED) is 0.354. The molecule has 11 heavy (non-hydrogen) atoms. The highest BCUT2D eigenvalue weighted by Gasteiger charge is 2.06. The van der Waals surface area contributed by atoms with E-state index in [1.807, 2.05) is 32.9 Å². The lowest BCUT2D eigenvalue weighted by Gasteiger charge is -2.04. The fraction of sp³-hybridized carbons (Fsp3) is 0.667. The predicted molar refractivity (Wildman–Crippen MR) is 45.2 cm³/mol. The highest BCUT2D eigenvalue weighted by molar-refractivity contribution is 5.71. The fourth-order valence-corrected chi connectivity index (χ4v) is 0.561. The second-order valence-electron chi connectivity index (χ2n) is 2.68. The minimum absolute atomic E-state index is 0.0133. The van der Waals surface area contributed by atoms with E-state index in [0.717, 1.165) is 6.42 Å². The van der Waals surface area contributed by atoms with Crippen LogP contribution >= 0.6 is 0 Å². The number of carbonyl (C=O) groups excluding carboxylic acids is 1. The van der Waals surface area contributed by atoms with E-state index in [4.69, 9.17) is 4.74 Å². The Hall–Kier alpha value is -0.790. The molecule has 64 valence electrons. The first kappa shape index (κ1) is 10.2. The van der Waals surface area contributed by atoms with Crippen molar-refractivity contribution in [3.8, 4) is 0 Å². The van der Waals surface area contributed by atoms with Crippen LogP contribution < -0.4 is 0 Å². The van der Waals surface area contributed by atoms with E-state index in [1.54, 1.807) is 0 Å². The van der Waals surface area contributed by atoms with Crippen LogP contribution in [0, 0.1) is 5.92 Å². The molecule has 0 aromatic rings. The molecular formula is C9H16O2. The van der Waals surface area contributed by atoms with Crippen molar-refractivity contribution in [1.29, 1.82) is 0 Å². The van der Waals surface area contributed by atoms with Crippen molar-refractivity contribution < 1.29 is 9.53 Å². The van der Waals surface area contributed by atoms with E-state index in [-0.39, 0.29) is 11.9 Å². The van der Waals surface area contributed by atoms with Crippen LogP contribution in [0.1, 0.15) is 27.2 Å². The van der Waals surface area contributed by atoms with Gasteiger partial charge in [-0.2, -0.15) is 0 Å². The maximum atomic E-state index is 10.9. The molecule has 0 aliphatic carbocycles. The molecule has 0 aromatic carbocycles. The van der Waals surface area contributed by atoms with Gasteiger partial charge >= 0.3 is 5.97 Å². The van der Waals surface area contributed by atoms with Crippen molar-refractivity contribution in [2.24, 2.45) is 5.92 Å². The summed E-state index contributed by atoms with van der Waals surface area (Å²) < 4.78 is 4.92. The van der Waals surface area contributed by atoms with Crippen molar-refractivity contribution in [1.82, 2.24) is 0 Å². The molecule has 0 heterocycles. The number of allylic oxidation sites excluding steroid dienone is 1. The molecule has 0 unspecified atom stereocenters. The first-order valence-electron chi connectivity index (χ1n) is 3.96. The van der Waals surface area contributed by atoms with Gasteiger partial charge in [-0.15, -0.1) is 0 Å². The molecule has 0 amide bonds. The van der Waals surface area contributed by atoms with Crippen LogP contribution in [0.15, 0.2) is 12.2 Å². The van der Waals surface area contributed by atoms with Crippen LogP contribution in [0.5, 0.6) is 0 Å². The molecule has 0 fully saturated rings. The summed E-state index contributed by atoms with van der Waals surface area (Å²) in [5, 5.41) is 0. The average molecular weight is 156 g/mol. The number of rotatable bonds is 4. The zero-order valence-corrected chi connectivity index (χ0v) is 7.46. The van der Waals surface area contributed by atoms with Crippen LogP contribution in [-0.2, 0) is 9.53 Å². The highest BCUT2D eigenvalue weighted by atomic mass is 16.5. The Balaban J connectivity index is 3.32. The molecule has 0 aliphatic rings. The standard InChI is InChI=1S/C9H16O2/c1-4-5-6-7-11-9(10)8(2)3/h4-5,8H,6-7H2,1-3H3. The predicted octanol–water partition coefficient (Wildman–Crippen LogP) is 2.15. The average Bonchev–Trinajstić information content (AvgIpc) is 1.97. The zero-order chi connectivity index (χ0) is 8.69. The van der Waals surface area contributed by atoms with Crippen LogP contribution in [0.4, 0.5) is 0 Å². The largest absolute Gasteiger partial charge is 0.465 e. The van der Waals surface area contributed by atoms with Crippen LogP contribution in [0.2, 0.25) is 0 Å². The Morgan fingerprint density at radius 1 is 1.55 bits per heavy atom. The summed E-state index contributed by atoms with van der Waals surface area (Å²) in [5.74, 6) is -0.130. The van der Waals surface area contributed by atoms with Crippen LogP contribution in [0.3, 0.4) is 0 Å². The minimum Gasteiger partial charge on any atom is -0.465 e. The lowest BCUT2D eigenvalue weighted by molar-refractivity contribution is -0.147. The van der Waals surface area contributed by atoms with E-state index in [2.05, 4.69) is 0 Å². The second kappa shape index (κ2) is 5.96. The van der Waals surface area contributed by atoms with Crippen LogP contribution in [-0.4, -0.2) is 12.6 Å². The number of ether oxygens (including phenoxy) is 1. The summed E-state index contributed by atoms with van der Waals surface area (Å²) in [6.07, 6.45) is 4.74. The summed E-state index contributed by atoms with van der Waals surface area (Å²) in [5.41, 5.74) is 0. The summed E-state index contributed by atoms with van der Waals surface area (Å²) in [6.45, 7) is 6.11. The van der Waals surface area contributed by atoms with Gasteiger partial charge in [-0.05, 0) is 13.3 Å². The van der Waals surface area contributed by atoms with Gasteiger partial charge in [0.05, 0.1) is 12.5 Å². The molecule has 0 aliphatic heterocycles. The van der Waals surface area contributed by atoms with Crippen LogP contribution in [0.25, 0.3) is 0 Å². The first-order valence-corrected chi connectivity index (χ1v) is 3.96. The van der Waals surface area contributed by atoms with Gasteiger partial charge in [0.2, 0.25) is 0 Å². The van der Waals surface area contributed by atoms with E-state index >= 15 is 0 Å². The lowest BCUT2D eigenvalue weighted by Crippen LogP contribution is -2.11. The van der Waals surface area contributed by atoms with Gasteiger partial charge in [-0.1, -0.05) is 26.0 Å². The molecule has 0 rings (SSSR count). The van der Waals surface area contributed by atoms with Crippen molar-refractivity contribution in [2.75, 3.05) is 6.61 Å². The summed E-state index contributed by atoms with van der Waals surface area (Å²) in [6, 6.07) is 0. The third-order valence-corrected chi connectivity index (χ3v) is 1.24. The molecule has 0 spiro atoms. The zero-order valence-electron chi connectivity index (χ0n) is 7.46. The molecule has 0 saturated carbocycles. The lowest BCUT2D eigenvalue weighted by atomic mass is 10.2. The topological polar surface area (TPSA) is 26.3 Å². The maximum Gasteiger partial charge on any atom is 0.308 e. The molecule has 0 aromatic heterocycles. The molecular weight excluding hydrogens is 140 g/mol. The molecule has 2 heteroatoms. The number of carbonyl (C=O) groups is 1. The third kappa shape index (κ3) is 5.64. The van der Waals surface area contributed by atoms with Crippen molar-refractivity contribution in [3.63, 3.8) is 0 Å². The number of esters is 1. The summed E-state index contributed by atoms with van der Waals surface area (Å²) >= 11 is 0. The van der Waals surface area contributed by atoms with Gasteiger partial charge in [-0.3, -0.25) is 4.79 Å². The van der Waals surface area contributed by atoms with Gasteiger partial charge in [0.25, 0.3) is 0 Å². The van der Waals surface area contributed by atoms with Crippen molar-refractivity contribution in [3.05, 3.63) is 12.2 Å². The van der Waals surface area contributed by atoms with Crippen molar-refractivity contribution >= 4 is 5.97 Å². The van der Waals surface area contributed by atoms with Crippen molar-refractivity contribution in [2.45, 2.75) is 27.2 Å². The molecule has 0 radical (unpaired) electrons. The molecule has 2 nitrogen and oxygen atoms in total. The second-order valence-corrected chi connectivity index (χ2v) is 2.68. The summed E-state index contributed by atoms with van der Waals surface area (Å²) in [7, 11) is 0. The SMILES string of the molecule is CC=CCCOC(=O)C(C)C. The van der Waals surface area contributed by atoms with E-state index < -0.39 is 0 Å². The van der Waals surface area contributed by atoms with Gasteiger partial charge in [0.15, 0.2) is 0 Å². The normalized spacial score (nSPS) is 10.9. The smallest absolute Gasteiger partial charge is 0.308 e. The monoisotopic (exact) mass is 156 g/mol. The Bertz CT molecular complexity index is 136. The summed E-state index contributed by atoms with van der Waals surface area (Å²) in [4.78, 5) is 10.9. The van der Waals surface area contributed by atoms with Gasteiger partial charge < -0.3 is 4.74 Å². The van der Waals surface area contributed by atoms with Gasteiger partial charge in [0, 0.05) is 0 Å². The molecule has 0 saturated heterocycles. The van der Waals surface area contributed by atoms with Gasteiger partial charge in [0.1, 0.15) is 0 Å². The highest BCUT2D eigenvalue weighted by Crippen LogP contribution is 1.96. The van der Waals surface area contributed by atoms with E-state index in [1.165, 1.54) is 0 Å². The Kier molecular flexibility index (Phi) is 5.53.